The molecule has 6 heteroatoms. The molecule has 0 aliphatic carbocycles. The van der Waals surface area contributed by atoms with Gasteiger partial charge >= 0.3 is 0 Å². The zero-order valence-electron chi connectivity index (χ0n) is 11.0. The Labute approximate surface area is 111 Å². The van der Waals surface area contributed by atoms with E-state index in [1.807, 2.05) is 30.3 Å². The molecule has 0 aliphatic heterocycles. The number of nitrogens with zero attached hydrogens (tertiary/aromatic N) is 2. The number of methoxy groups -OCH3 is 2. The largest absolute Gasteiger partial charge is 0.419 e. The Kier molecular flexibility index (Phi) is 5.02. The van der Waals surface area contributed by atoms with Crippen molar-refractivity contribution in [2.75, 3.05) is 20.8 Å². The monoisotopic (exact) mass is 263 g/mol. The molecule has 0 fully saturated rings. The second-order valence-corrected chi connectivity index (χ2v) is 3.90. The van der Waals surface area contributed by atoms with Crippen LogP contribution in [0.1, 0.15) is 5.89 Å². The maximum absolute atomic E-state index is 5.55. The van der Waals surface area contributed by atoms with Gasteiger partial charge in [-0.15, -0.1) is 10.2 Å². The molecule has 1 aromatic heterocycles. The van der Waals surface area contributed by atoms with E-state index in [9.17, 15) is 0 Å². The van der Waals surface area contributed by atoms with Gasteiger partial charge in [0.1, 0.15) is 0 Å². The van der Waals surface area contributed by atoms with Crippen LogP contribution in [0.15, 0.2) is 34.7 Å². The van der Waals surface area contributed by atoms with E-state index in [1.165, 1.54) is 0 Å². The van der Waals surface area contributed by atoms with Crippen molar-refractivity contribution in [2.45, 2.75) is 12.8 Å². The molecule has 0 aliphatic rings. The third kappa shape index (κ3) is 3.85. The molecule has 0 amide bonds. The van der Waals surface area contributed by atoms with E-state index in [2.05, 4.69) is 15.5 Å². The summed E-state index contributed by atoms with van der Waals surface area (Å²) in [6.07, 6.45) is -0.281. The summed E-state index contributed by atoms with van der Waals surface area (Å²) in [5.41, 5.74) is 0.910. The molecule has 1 aromatic carbocycles. The van der Waals surface area contributed by atoms with Gasteiger partial charge in [-0.25, -0.2) is 0 Å². The highest BCUT2D eigenvalue weighted by atomic mass is 16.7. The first-order valence-corrected chi connectivity index (χ1v) is 5.97. The average Bonchev–Trinajstić information content (AvgIpc) is 2.93. The molecular weight excluding hydrogens is 246 g/mol. The summed E-state index contributed by atoms with van der Waals surface area (Å²) in [4.78, 5) is 0. The van der Waals surface area contributed by atoms with Gasteiger partial charge < -0.3 is 19.2 Å². The van der Waals surface area contributed by atoms with Crippen molar-refractivity contribution in [3.8, 4) is 11.5 Å². The van der Waals surface area contributed by atoms with E-state index >= 15 is 0 Å². The molecule has 0 atom stereocenters. The summed E-state index contributed by atoms with van der Waals surface area (Å²) in [6, 6.07) is 9.66. The molecule has 0 spiro atoms. The molecular formula is C13H17N3O3. The maximum atomic E-state index is 5.55. The summed E-state index contributed by atoms with van der Waals surface area (Å²) in [6.45, 7) is 1.03. The molecule has 6 nitrogen and oxygen atoms in total. The minimum absolute atomic E-state index is 0.281. The van der Waals surface area contributed by atoms with Crippen molar-refractivity contribution in [3.63, 3.8) is 0 Å². The van der Waals surface area contributed by atoms with Gasteiger partial charge in [-0.2, -0.15) is 0 Å². The van der Waals surface area contributed by atoms with Crippen LogP contribution in [0, 0.1) is 0 Å². The summed E-state index contributed by atoms with van der Waals surface area (Å²) < 4.78 is 15.7. The predicted octanol–water partition coefficient (Wildman–Crippen LogP) is 1.45. The Hall–Kier alpha value is -1.76. The Morgan fingerprint density at radius 2 is 1.89 bits per heavy atom. The number of nitrogens with one attached hydrogen (secondary N) is 1. The van der Waals surface area contributed by atoms with E-state index in [4.69, 9.17) is 13.9 Å². The van der Waals surface area contributed by atoms with Crippen LogP contribution in [0.5, 0.6) is 0 Å². The summed E-state index contributed by atoms with van der Waals surface area (Å²) >= 11 is 0. The normalized spacial score (nSPS) is 11.1. The van der Waals surface area contributed by atoms with E-state index in [0.717, 1.165) is 5.56 Å². The smallest absolute Gasteiger partial charge is 0.247 e. The van der Waals surface area contributed by atoms with Crippen molar-refractivity contribution < 1.29 is 13.9 Å². The van der Waals surface area contributed by atoms with E-state index in [1.54, 1.807) is 14.2 Å². The van der Waals surface area contributed by atoms with E-state index in [0.29, 0.717) is 24.9 Å². The summed E-state index contributed by atoms with van der Waals surface area (Å²) in [5, 5.41) is 11.1. The molecule has 0 unspecified atom stereocenters. The molecule has 19 heavy (non-hydrogen) atoms. The lowest BCUT2D eigenvalue weighted by molar-refractivity contribution is -0.0990. The van der Waals surface area contributed by atoms with Crippen molar-refractivity contribution in [2.24, 2.45) is 0 Å². The quantitative estimate of drug-likeness (QED) is 0.762. The average molecular weight is 263 g/mol. The number of benzene rings is 1. The van der Waals surface area contributed by atoms with Crippen molar-refractivity contribution in [3.05, 3.63) is 36.2 Å². The molecule has 0 saturated carbocycles. The first-order valence-electron chi connectivity index (χ1n) is 5.97. The summed E-state index contributed by atoms with van der Waals surface area (Å²) in [7, 11) is 3.19. The molecule has 2 aromatic rings. The topological polar surface area (TPSA) is 69.4 Å². The number of aromatic nitrogens is 2. The number of ether oxygens (including phenoxy) is 2. The summed E-state index contributed by atoms with van der Waals surface area (Å²) in [5.74, 6) is 1.05. The van der Waals surface area contributed by atoms with E-state index < -0.39 is 0 Å². The fraction of sp³-hybridized carbons (Fsp3) is 0.385. The zero-order chi connectivity index (χ0) is 13.5. The molecule has 0 bridgehead atoms. The molecule has 1 heterocycles. The van der Waals surface area contributed by atoms with Crippen LogP contribution in [-0.4, -0.2) is 37.3 Å². The highest BCUT2D eigenvalue weighted by Gasteiger charge is 2.09. The van der Waals surface area contributed by atoms with Crippen molar-refractivity contribution in [1.29, 1.82) is 0 Å². The van der Waals surface area contributed by atoms with E-state index in [-0.39, 0.29) is 6.29 Å². The van der Waals surface area contributed by atoms with Crippen LogP contribution in [-0.2, 0) is 16.0 Å². The standard InChI is InChI=1S/C13H17N3O3/c1-17-12(18-2)9-14-8-11-15-16-13(19-11)10-6-4-3-5-7-10/h3-7,12,14H,8-9H2,1-2H3. The predicted molar refractivity (Wildman–Crippen MR) is 69.2 cm³/mol. The maximum Gasteiger partial charge on any atom is 0.247 e. The third-order valence-corrected chi connectivity index (χ3v) is 2.60. The van der Waals surface area contributed by atoms with Crippen LogP contribution in [0.2, 0.25) is 0 Å². The van der Waals surface area contributed by atoms with Gasteiger partial charge in [-0.1, -0.05) is 18.2 Å². The van der Waals surface area contributed by atoms with Gasteiger partial charge in [0, 0.05) is 26.3 Å². The molecule has 102 valence electrons. The third-order valence-electron chi connectivity index (χ3n) is 2.60. The highest BCUT2D eigenvalue weighted by Crippen LogP contribution is 2.16. The minimum Gasteiger partial charge on any atom is -0.419 e. The molecule has 0 radical (unpaired) electrons. The lowest BCUT2D eigenvalue weighted by Crippen LogP contribution is -2.29. The molecule has 1 N–H and O–H groups in total. The van der Waals surface area contributed by atoms with Crippen LogP contribution in [0.25, 0.3) is 11.5 Å². The van der Waals surface area contributed by atoms with Crippen LogP contribution >= 0.6 is 0 Å². The molecule has 0 saturated heterocycles. The van der Waals surface area contributed by atoms with Gasteiger partial charge in [0.15, 0.2) is 6.29 Å². The fourth-order valence-corrected chi connectivity index (χ4v) is 1.58. The second kappa shape index (κ2) is 6.98. The zero-order valence-corrected chi connectivity index (χ0v) is 11.0. The Balaban J connectivity index is 1.88. The number of hydrogen-bond acceptors (Lipinski definition) is 6. The second-order valence-electron chi connectivity index (χ2n) is 3.90. The van der Waals surface area contributed by atoms with Gasteiger partial charge in [-0.05, 0) is 12.1 Å². The Morgan fingerprint density at radius 1 is 1.16 bits per heavy atom. The van der Waals surface area contributed by atoms with Gasteiger partial charge in [-0.3, -0.25) is 0 Å². The van der Waals surface area contributed by atoms with Crippen LogP contribution in [0.4, 0.5) is 0 Å². The SMILES string of the molecule is COC(CNCc1nnc(-c2ccccc2)o1)OC. The van der Waals surface area contributed by atoms with Gasteiger partial charge in [0.25, 0.3) is 0 Å². The first kappa shape index (κ1) is 13.7. The van der Waals surface area contributed by atoms with Crippen molar-refractivity contribution in [1.82, 2.24) is 15.5 Å². The van der Waals surface area contributed by atoms with Gasteiger partial charge in [0.05, 0.1) is 6.54 Å². The van der Waals surface area contributed by atoms with Gasteiger partial charge in [0.2, 0.25) is 11.8 Å². The first-order chi connectivity index (χ1) is 9.33. The lowest BCUT2D eigenvalue weighted by atomic mass is 10.2. The number of rotatable bonds is 7. The van der Waals surface area contributed by atoms with Crippen LogP contribution in [0.3, 0.4) is 0 Å². The molecule has 2 rings (SSSR count). The highest BCUT2D eigenvalue weighted by molar-refractivity contribution is 5.51. The Morgan fingerprint density at radius 3 is 2.58 bits per heavy atom. The van der Waals surface area contributed by atoms with Crippen LogP contribution < -0.4 is 5.32 Å². The van der Waals surface area contributed by atoms with Crippen molar-refractivity contribution >= 4 is 0 Å². The fourth-order valence-electron chi connectivity index (χ4n) is 1.58. The number of hydrogen-bond donors (Lipinski definition) is 1. The lowest BCUT2D eigenvalue weighted by Gasteiger charge is -2.12. The minimum atomic E-state index is -0.281. The Bertz CT molecular complexity index is 483.